The quantitative estimate of drug-likeness (QED) is 0.855. The molecule has 17 heavy (non-hydrogen) atoms. The molecule has 0 bridgehead atoms. The number of nitrogens with zero attached hydrogens (tertiary/aromatic N) is 1. The third kappa shape index (κ3) is 2.96. The fourth-order valence-corrected chi connectivity index (χ4v) is 1.76. The van der Waals surface area contributed by atoms with E-state index in [0.717, 1.165) is 18.4 Å². The van der Waals surface area contributed by atoms with E-state index in [1.54, 1.807) is 12.4 Å². The molecule has 1 amide bonds. The van der Waals surface area contributed by atoms with Crippen molar-refractivity contribution >= 4 is 6.09 Å². The van der Waals surface area contributed by atoms with Gasteiger partial charge in [-0.05, 0) is 45.2 Å². The lowest BCUT2D eigenvalue weighted by molar-refractivity contribution is 0.0495. The Kier molecular flexibility index (Phi) is 2.81. The Hall–Kier alpha value is -1.58. The molecule has 0 aliphatic heterocycles. The Bertz CT molecular complexity index is 405. The number of carbonyl (C=O) groups excluding carboxylic acids is 1. The second kappa shape index (κ2) is 4.02. The Morgan fingerprint density at radius 1 is 1.47 bits per heavy atom. The van der Waals surface area contributed by atoms with Crippen LogP contribution in [0.2, 0.25) is 0 Å². The molecule has 1 fully saturated rings. The van der Waals surface area contributed by atoms with Gasteiger partial charge in [0.2, 0.25) is 0 Å². The van der Waals surface area contributed by atoms with Gasteiger partial charge in [-0.3, -0.25) is 4.98 Å². The van der Waals surface area contributed by atoms with Crippen molar-refractivity contribution in [2.45, 2.75) is 44.8 Å². The second-order valence-electron chi connectivity index (χ2n) is 5.45. The van der Waals surface area contributed by atoms with Gasteiger partial charge in [-0.15, -0.1) is 0 Å². The number of hydrogen-bond acceptors (Lipinski definition) is 3. The number of alkyl carbamates (subject to hydrolysis) is 1. The Morgan fingerprint density at radius 2 is 2.18 bits per heavy atom. The van der Waals surface area contributed by atoms with Gasteiger partial charge in [0.15, 0.2) is 0 Å². The van der Waals surface area contributed by atoms with Crippen LogP contribution in [0.3, 0.4) is 0 Å². The zero-order chi connectivity index (χ0) is 12.5. The number of rotatable bonds is 2. The number of pyridine rings is 1. The van der Waals surface area contributed by atoms with Crippen molar-refractivity contribution in [2.75, 3.05) is 0 Å². The summed E-state index contributed by atoms with van der Waals surface area (Å²) < 4.78 is 5.26. The minimum atomic E-state index is -0.463. The summed E-state index contributed by atoms with van der Waals surface area (Å²) in [7, 11) is 0. The molecule has 1 heterocycles. The van der Waals surface area contributed by atoms with Crippen molar-refractivity contribution in [2.24, 2.45) is 0 Å². The molecule has 92 valence electrons. The van der Waals surface area contributed by atoms with E-state index in [0.29, 0.717) is 0 Å². The third-order valence-corrected chi connectivity index (χ3v) is 2.70. The van der Waals surface area contributed by atoms with Gasteiger partial charge in [0.1, 0.15) is 5.60 Å². The standard InChI is InChI=1S/C13H18N2O2/c1-12(2,3)17-11(16)15-13(6-7-13)10-5-4-8-14-9-10/h4-5,8-9H,6-7H2,1-3H3,(H,15,16). The molecule has 2 rings (SSSR count). The van der Waals surface area contributed by atoms with E-state index >= 15 is 0 Å². The summed E-state index contributed by atoms with van der Waals surface area (Å²) in [5.41, 5.74) is 0.331. The fourth-order valence-electron chi connectivity index (χ4n) is 1.76. The van der Waals surface area contributed by atoms with Gasteiger partial charge in [0.05, 0.1) is 5.54 Å². The molecule has 0 saturated heterocycles. The van der Waals surface area contributed by atoms with Crippen LogP contribution in [-0.4, -0.2) is 16.7 Å². The number of aromatic nitrogens is 1. The van der Waals surface area contributed by atoms with E-state index in [4.69, 9.17) is 4.74 Å². The number of carbonyl (C=O) groups is 1. The van der Waals surface area contributed by atoms with Crippen LogP contribution in [-0.2, 0) is 10.3 Å². The van der Waals surface area contributed by atoms with Crippen LogP contribution in [0.15, 0.2) is 24.5 Å². The molecular formula is C13H18N2O2. The Balaban J connectivity index is 2.02. The number of hydrogen-bond donors (Lipinski definition) is 1. The van der Waals surface area contributed by atoms with E-state index in [1.807, 2.05) is 32.9 Å². The zero-order valence-corrected chi connectivity index (χ0v) is 10.5. The molecule has 4 nitrogen and oxygen atoms in total. The highest BCUT2D eigenvalue weighted by Crippen LogP contribution is 2.45. The normalized spacial score (nSPS) is 17.4. The molecule has 1 aliphatic rings. The fraction of sp³-hybridized carbons (Fsp3) is 0.538. The maximum atomic E-state index is 11.7. The lowest BCUT2D eigenvalue weighted by Gasteiger charge is -2.23. The van der Waals surface area contributed by atoms with Crippen LogP contribution in [0, 0.1) is 0 Å². The van der Waals surface area contributed by atoms with Gasteiger partial charge >= 0.3 is 6.09 Å². The van der Waals surface area contributed by atoms with Crippen LogP contribution in [0.25, 0.3) is 0 Å². The SMILES string of the molecule is CC(C)(C)OC(=O)NC1(c2cccnc2)CC1. The first-order chi connectivity index (χ1) is 7.91. The summed E-state index contributed by atoms with van der Waals surface area (Å²) in [4.78, 5) is 15.8. The monoisotopic (exact) mass is 234 g/mol. The van der Waals surface area contributed by atoms with Gasteiger partial charge < -0.3 is 10.1 Å². The molecule has 1 aliphatic carbocycles. The van der Waals surface area contributed by atoms with Crippen molar-refractivity contribution in [3.05, 3.63) is 30.1 Å². The first kappa shape index (κ1) is 11.9. The minimum absolute atomic E-state index is 0.253. The first-order valence-electron chi connectivity index (χ1n) is 5.83. The Morgan fingerprint density at radius 3 is 2.65 bits per heavy atom. The molecule has 1 aromatic heterocycles. The molecular weight excluding hydrogens is 216 g/mol. The predicted molar refractivity (Wildman–Crippen MR) is 64.5 cm³/mol. The third-order valence-electron chi connectivity index (χ3n) is 2.70. The zero-order valence-electron chi connectivity index (χ0n) is 10.5. The number of amides is 1. The maximum absolute atomic E-state index is 11.7. The molecule has 0 atom stereocenters. The van der Waals surface area contributed by atoms with Crippen LogP contribution in [0.1, 0.15) is 39.2 Å². The molecule has 1 aromatic rings. The summed E-state index contributed by atoms with van der Waals surface area (Å²) in [6, 6.07) is 3.86. The van der Waals surface area contributed by atoms with E-state index < -0.39 is 5.60 Å². The van der Waals surface area contributed by atoms with Crippen molar-refractivity contribution in [3.63, 3.8) is 0 Å². The van der Waals surface area contributed by atoms with Gasteiger partial charge in [-0.2, -0.15) is 0 Å². The molecule has 0 unspecified atom stereocenters. The predicted octanol–water partition coefficient (Wildman–Crippen LogP) is 2.60. The van der Waals surface area contributed by atoms with Crippen LogP contribution >= 0.6 is 0 Å². The topological polar surface area (TPSA) is 51.2 Å². The highest BCUT2D eigenvalue weighted by atomic mass is 16.6. The number of nitrogens with one attached hydrogen (secondary N) is 1. The summed E-state index contributed by atoms with van der Waals surface area (Å²) in [5, 5.41) is 2.94. The lowest BCUT2D eigenvalue weighted by Crippen LogP contribution is -2.39. The highest BCUT2D eigenvalue weighted by Gasteiger charge is 2.46. The average molecular weight is 234 g/mol. The van der Waals surface area contributed by atoms with Crippen LogP contribution in [0.4, 0.5) is 4.79 Å². The molecule has 1 N–H and O–H groups in total. The van der Waals surface area contributed by atoms with E-state index in [-0.39, 0.29) is 11.6 Å². The Labute approximate surface area is 101 Å². The molecule has 0 aromatic carbocycles. The smallest absolute Gasteiger partial charge is 0.408 e. The van der Waals surface area contributed by atoms with Crippen molar-refractivity contribution in [1.82, 2.24) is 10.3 Å². The minimum Gasteiger partial charge on any atom is -0.444 e. The van der Waals surface area contributed by atoms with Crippen LogP contribution < -0.4 is 5.32 Å². The molecule has 1 saturated carbocycles. The van der Waals surface area contributed by atoms with E-state index in [9.17, 15) is 4.79 Å². The van der Waals surface area contributed by atoms with Gasteiger partial charge in [-0.1, -0.05) is 6.07 Å². The lowest BCUT2D eigenvalue weighted by atomic mass is 10.1. The summed E-state index contributed by atoms with van der Waals surface area (Å²) in [5.74, 6) is 0. The molecule has 0 radical (unpaired) electrons. The van der Waals surface area contributed by atoms with E-state index in [2.05, 4.69) is 10.3 Å². The summed E-state index contributed by atoms with van der Waals surface area (Å²) in [6.45, 7) is 5.57. The number of ether oxygens (including phenoxy) is 1. The van der Waals surface area contributed by atoms with Crippen molar-refractivity contribution < 1.29 is 9.53 Å². The second-order valence-corrected chi connectivity index (χ2v) is 5.45. The average Bonchev–Trinajstić information content (AvgIpc) is 2.97. The maximum Gasteiger partial charge on any atom is 0.408 e. The van der Waals surface area contributed by atoms with Gasteiger partial charge in [0.25, 0.3) is 0 Å². The summed E-state index contributed by atoms with van der Waals surface area (Å²) in [6.07, 6.45) is 5.05. The summed E-state index contributed by atoms with van der Waals surface area (Å²) >= 11 is 0. The van der Waals surface area contributed by atoms with Crippen LogP contribution in [0.5, 0.6) is 0 Å². The van der Waals surface area contributed by atoms with Crippen molar-refractivity contribution in [1.29, 1.82) is 0 Å². The van der Waals surface area contributed by atoms with Gasteiger partial charge in [-0.25, -0.2) is 4.79 Å². The van der Waals surface area contributed by atoms with Crippen molar-refractivity contribution in [3.8, 4) is 0 Å². The van der Waals surface area contributed by atoms with Gasteiger partial charge in [0, 0.05) is 12.4 Å². The van der Waals surface area contributed by atoms with E-state index in [1.165, 1.54) is 0 Å². The molecule has 4 heteroatoms. The highest BCUT2D eigenvalue weighted by molar-refractivity contribution is 5.70. The molecule has 0 spiro atoms. The largest absolute Gasteiger partial charge is 0.444 e. The first-order valence-corrected chi connectivity index (χ1v) is 5.83.